The van der Waals surface area contributed by atoms with E-state index in [9.17, 15) is 4.39 Å². The van der Waals surface area contributed by atoms with Gasteiger partial charge in [-0.2, -0.15) is 0 Å². The summed E-state index contributed by atoms with van der Waals surface area (Å²) in [6, 6.07) is 4.96. The first-order valence-electron chi connectivity index (χ1n) is 7.85. The van der Waals surface area contributed by atoms with Gasteiger partial charge < -0.3 is 5.73 Å². The Balaban J connectivity index is 1.74. The second-order valence-corrected chi connectivity index (χ2v) is 7.49. The van der Waals surface area contributed by atoms with Crippen LogP contribution in [0.2, 0.25) is 0 Å². The molecule has 3 rings (SSSR count). The monoisotopic (exact) mass is 339 g/mol. The summed E-state index contributed by atoms with van der Waals surface area (Å²) in [5, 5.41) is 0. The molecule has 0 bridgehead atoms. The van der Waals surface area contributed by atoms with Gasteiger partial charge in [-0.15, -0.1) is 0 Å². The van der Waals surface area contributed by atoms with Crippen LogP contribution in [0.1, 0.15) is 56.6 Å². The first-order valence-corrected chi connectivity index (χ1v) is 8.65. The fourth-order valence-corrected chi connectivity index (χ4v) is 4.64. The van der Waals surface area contributed by atoms with Crippen LogP contribution >= 0.6 is 15.9 Å². The number of nitrogens with two attached hydrogens (primary N) is 1. The highest BCUT2D eigenvalue weighted by Crippen LogP contribution is 2.45. The molecule has 3 heteroatoms. The molecule has 2 N–H and O–H groups in total. The summed E-state index contributed by atoms with van der Waals surface area (Å²) in [5.41, 5.74) is 7.08. The van der Waals surface area contributed by atoms with Gasteiger partial charge in [0, 0.05) is 16.1 Å². The van der Waals surface area contributed by atoms with E-state index in [1.54, 1.807) is 6.07 Å². The summed E-state index contributed by atoms with van der Waals surface area (Å²) in [4.78, 5) is 0. The zero-order valence-electron chi connectivity index (χ0n) is 11.8. The molecule has 0 aliphatic heterocycles. The molecule has 2 aliphatic carbocycles. The van der Waals surface area contributed by atoms with Gasteiger partial charge in [-0.25, -0.2) is 4.39 Å². The van der Waals surface area contributed by atoms with Crippen molar-refractivity contribution in [2.45, 2.75) is 51.0 Å². The quantitative estimate of drug-likeness (QED) is 0.787. The van der Waals surface area contributed by atoms with Gasteiger partial charge in [0.1, 0.15) is 5.82 Å². The van der Waals surface area contributed by atoms with Gasteiger partial charge >= 0.3 is 0 Å². The zero-order valence-corrected chi connectivity index (χ0v) is 13.4. The molecule has 1 nitrogen and oxygen atoms in total. The largest absolute Gasteiger partial charge is 0.324 e. The van der Waals surface area contributed by atoms with Gasteiger partial charge in [0.05, 0.1) is 0 Å². The molecule has 0 aromatic heterocycles. The lowest BCUT2D eigenvalue weighted by molar-refractivity contribution is 0.116. The van der Waals surface area contributed by atoms with Crippen molar-refractivity contribution >= 4 is 15.9 Å². The van der Waals surface area contributed by atoms with E-state index in [2.05, 4.69) is 15.9 Å². The molecule has 0 heterocycles. The van der Waals surface area contributed by atoms with Crippen LogP contribution in [0.15, 0.2) is 22.7 Å². The molecule has 2 aliphatic rings. The van der Waals surface area contributed by atoms with E-state index in [-0.39, 0.29) is 11.9 Å². The Labute approximate surface area is 129 Å². The lowest BCUT2D eigenvalue weighted by Gasteiger charge is -2.41. The minimum absolute atomic E-state index is 0.157. The molecule has 0 radical (unpaired) electrons. The van der Waals surface area contributed by atoms with E-state index >= 15 is 0 Å². The normalized spacial score (nSPS) is 31.6. The number of hydrogen-bond acceptors (Lipinski definition) is 1. The van der Waals surface area contributed by atoms with E-state index in [0.717, 1.165) is 22.7 Å². The van der Waals surface area contributed by atoms with Crippen LogP contribution in [-0.2, 0) is 0 Å². The Bertz CT molecular complexity index is 476. The second kappa shape index (κ2) is 6.15. The van der Waals surface area contributed by atoms with E-state index in [1.165, 1.54) is 44.6 Å². The molecule has 1 aromatic carbocycles. The summed E-state index contributed by atoms with van der Waals surface area (Å²) in [7, 11) is 0. The van der Waals surface area contributed by atoms with Gasteiger partial charge in [-0.3, -0.25) is 0 Å². The van der Waals surface area contributed by atoms with Crippen molar-refractivity contribution in [1.82, 2.24) is 0 Å². The third-order valence-corrected chi connectivity index (χ3v) is 5.90. The van der Waals surface area contributed by atoms with Crippen molar-refractivity contribution in [1.29, 1.82) is 0 Å². The van der Waals surface area contributed by atoms with Gasteiger partial charge in [0.2, 0.25) is 0 Å². The molecule has 4 unspecified atom stereocenters. The van der Waals surface area contributed by atoms with Crippen molar-refractivity contribution in [2.75, 3.05) is 0 Å². The number of rotatable bonds is 2. The van der Waals surface area contributed by atoms with Crippen LogP contribution in [0.4, 0.5) is 4.39 Å². The predicted octanol–water partition coefficient (Wildman–Crippen LogP) is 5.19. The van der Waals surface area contributed by atoms with Gasteiger partial charge in [0.15, 0.2) is 0 Å². The molecular weight excluding hydrogens is 317 g/mol. The Morgan fingerprint density at radius 2 is 1.85 bits per heavy atom. The fraction of sp³-hybridized carbons (Fsp3) is 0.647. The third-order valence-electron chi connectivity index (χ3n) is 5.41. The lowest BCUT2D eigenvalue weighted by atomic mass is 9.65. The maximum atomic E-state index is 14.0. The standard InChI is InChI=1S/C17H23BrFN/c18-14-7-8-16(19)15(10-14)17(20)13-6-5-11-3-1-2-4-12(11)9-13/h7-8,10-13,17H,1-6,9,20H2. The van der Waals surface area contributed by atoms with Crippen LogP contribution in [0.3, 0.4) is 0 Å². The van der Waals surface area contributed by atoms with E-state index in [4.69, 9.17) is 5.73 Å². The number of halogens is 2. The summed E-state index contributed by atoms with van der Waals surface area (Å²) >= 11 is 3.42. The Morgan fingerprint density at radius 1 is 1.10 bits per heavy atom. The average Bonchev–Trinajstić information content (AvgIpc) is 2.48. The van der Waals surface area contributed by atoms with Crippen molar-refractivity contribution in [3.8, 4) is 0 Å². The number of benzene rings is 1. The van der Waals surface area contributed by atoms with Crippen molar-refractivity contribution < 1.29 is 4.39 Å². The minimum atomic E-state index is -0.161. The van der Waals surface area contributed by atoms with Gasteiger partial charge in [0.25, 0.3) is 0 Å². The maximum absolute atomic E-state index is 14.0. The molecule has 0 amide bonds. The second-order valence-electron chi connectivity index (χ2n) is 6.57. The molecule has 0 spiro atoms. The smallest absolute Gasteiger partial charge is 0.128 e. The van der Waals surface area contributed by atoms with E-state index < -0.39 is 0 Å². The van der Waals surface area contributed by atoms with Crippen molar-refractivity contribution in [2.24, 2.45) is 23.5 Å². The zero-order chi connectivity index (χ0) is 14.1. The highest BCUT2D eigenvalue weighted by molar-refractivity contribution is 9.10. The Morgan fingerprint density at radius 3 is 2.65 bits per heavy atom. The highest BCUT2D eigenvalue weighted by atomic mass is 79.9. The summed E-state index contributed by atoms with van der Waals surface area (Å²) in [6.07, 6.45) is 9.17. The molecular formula is C17H23BrFN. The van der Waals surface area contributed by atoms with Gasteiger partial charge in [-0.1, -0.05) is 41.6 Å². The maximum Gasteiger partial charge on any atom is 0.128 e. The fourth-order valence-electron chi connectivity index (χ4n) is 4.26. The number of hydrogen-bond donors (Lipinski definition) is 1. The number of fused-ring (bicyclic) bond motifs is 1. The minimum Gasteiger partial charge on any atom is -0.324 e. The highest BCUT2D eigenvalue weighted by Gasteiger charge is 2.35. The van der Waals surface area contributed by atoms with Crippen LogP contribution in [0.5, 0.6) is 0 Å². The third kappa shape index (κ3) is 2.94. The van der Waals surface area contributed by atoms with E-state index in [1.807, 2.05) is 6.07 Å². The SMILES string of the molecule is NC(c1cc(Br)ccc1F)C1CCC2CCCCC2C1. The molecule has 2 saturated carbocycles. The first-order chi connectivity index (χ1) is 9.65. The van der Waals surface area contributed by atoms with Crippen molar-refractivity contribution in [3.63, 3.8) is 0 Å². The average molecular weight is 340 g/mol. The molecule has 110 valence electrons. The summed E-state index contributed by atoms with van der Waals surface area (Å²) in [6.45, 7) is 0. The molecule has 2 fully saturated rings. The Hall–Kier alpha value is -0.410. The first kappa shape index (κ1) is 14.5. The molecule has 4 atom stereocenters. The van der Waals surface area contributed by atoms with Crippen molar-refractivity contribution in [3.05, 3.63) is 34.1 Å². The van der Waals surface area contributed by atoms with Crippen LogP contribution in [-0.4, -0.2) is 0 Å². The lowest BCUT2D eigenvalue weighted by Crippen LogP contribution is -2.33. The van der Waals surface area contributed by atoms with E-state index in [0.29, 0.717) is 11.5 Å². The molecule has 20 heavy (non-hydrogen) atoms. The van der Waals surface area contributed by atoms with Crippen LogP contribution < -0.4 is 5.73 Å². The molecule has 1 aromatic rings. The molecule has 0 saturated heterocycles. The predicted molar refractivity (Wildman–Crippen MR) is 83.8 cm³/mol. The summed E-state index contributed by atoms with van der Waals surface area (Å²) in [5.74, 6) is 2.04. The van der Waals surface area contributed by atoms with Crippen LogP contribution in [0.25, 0.3) is 0 Å². The van der Waals surface area contributed by atoms with Gasteiger partial charge in [-0.05, 0) is 55.2 Å². The van der Waals surface area contributed by atoms with Crippen LogP contribution in [0, 0.1) is 23.6 Å². The topological polar surface area (TPSA) is 26.0 Å². The summed E-state index contributed by atoms with van der Waals surface area (Å²) < 4.78 is 14.9. The Kier molecular flexibility index (Phi) is 4.46.